The van der Waals surface area contributed by atoms with E-state index in [2.05, 4.69) is 25.0 Å². The van der Waals surface area contributed by atoms with Crippen LogP contribution in [0.2, 0.25) is 0 Å². The predicted octanol–water partition coefficient (Wildman–Crippen LogP) is 3.55. The molecule has 0 fully saturated rings. The van der Waals surface area contributed by atoms with E-state index in [4.69, 9.17) is 5.11 Å². The Balaban J connectivity index is 2.01. The van der Waals surface area contributed by atoms with Crippen molar-refractivity contribution in [2.45, 2.75) is 19.9 Å². The largest absolute Gasteiger partial charge is 0.475 e. The number of hydrogen-bond donors (Lipinski definition) is 1. The number of nitrogens with zero attached hydrogens (tertiary/aromatic N) is 2. The minimum atomic E-state index is -1.44. The highest BCUT2D eigenvalue weighted by Crippen LogP contribution is 2.26. The molecule has 3 rings (SSSR count). The Morgan fingerprint density at radius 3 is 2.30 bits per heavy atom. The van der Waals surface area contributed by atoms with Gasteiger partial charge in [0.15, 0.2) is 0 Å². The highest BCUT2D eigenvalue weighted by atomic mass is 16.4. The van der Waals surface area contributed by atoms with Gasteiger partial charge >= 0.3 is 5.97 Å². The third kappa shape index (κ3) is 2.73. The van der Waals surface area contributed by atoms with Crippen molar-refractivity contribution in [3.05, 3.63) is 54.2 Å². The van der Waals surface area contributed by atoms with Gasteiger partial charge in [-0.2, -0.15) is 5.10 Å². The zero-order chi connectivity index (χ0) is 16.6. The second-order valence-corrected chi connectivity index (χ2v) is 5.67. The second-order valence-electron chi connectivity index (χ2n) is 5.67. The van der Waals surface area contributed by atoms with Crippen LogP contribution in [0, 0.1) is 0 Å². The SMILES string of the molecule is CC(C)n1ncc2ccc(-c3ccc(C(=O)C(=O)O)cc3)cc21. The molecule has 23 heavy (non-hydrogen) atoms. The summed E-state index contributed by atoms with van der Waals surface area (Å²) in [5.41, 5.74) is 3.14. The van der Waals surface area contributed by atoms with Gasteiger partial charge in [-0.1, -0.05) is 36.4 Å². The van der Waals surface area contributed by atoms with Crippen LogP contribution in [0.25, 0.3) is 22.0 Å². The Labute approximate surface area is 133 Å². The molecule has 0 bridgehead atoms. The Morgan fingerprint density at radius 2 is 1.70 bits per heavy atom. The summed E-state index contributed by atoms with van der Waals surface area (Å²) in [6.07, 6.45) is 1.84. The van der Waals surface area contributed by atoms with Crippen molar-refractivity contribution < 1.29 is 14.7 Å². The molecule has 0 unspecified atom stereocenters. The van der Waals surface area contributed by atoms with Crippen LogP contribution in [-0.2, 0) is 4.79 Å². The summed E-state index contributed by atoms with van der Waals surface area (Å²) in [5.74, 6) is -2.34. The normalized spacial score (nSPS) is 11.1. The van der Waals surface area contributed by atoms with Crippen molar-refractivity contribution in [1.82, 2.24) is 9.78 Å². The first-order chi connectivity index (χ1) is 11.0. The molecular formula is C18H16N2O3. The maximum atomic E-state index is 11.4. The molecule has 1 N–H and O–H groups in total. The number of benzene rings is 2. The number of rotatable bonds is 4. The zero-order valence-electron chi connectivity index (χ0n) is 12.9. The number of aliphatic carboxylic acids is 1. The van der Waals surface area contributed by atoms with Gasteiger partial charge in [0.25, 0.3) is 5.78 Å². The molecule has 0 aliphatic heterocycles. The number of ketones is 1. The van der Waals surface area contributed by atoms with E-state index in [1.807, 2.05) is 23.0 Å². The first-order valence-electron chi connectivity index (χ1n) is 7.32. The fourth-order valence-electron chi connectivity index (χ4n) is 2.57. The Morgan fingerprint density at radius 1 is 1.04 bits per heavy atom. The van der Waals surface area contributed by atoms with Crippen LogP contribution in [0.1, 0.15) is 30.2 Å². The average molecular weight is 308 g/mol. The number of aromatic nitrogens is 2. The summed E-state index contributed by atoms with van der Waals surface area (Å²) in [6, 6.07) is 12.9. The molecule has 1 heterocycles. The number of carbonyl (C=O) groups excluding carboxylic acids is 1. The average Bonchev–Trinajstić information content (AvgIpc) is 2.97. The van der Waals surface area contributed by atoms with E-state index in [1.165, 1.54) is 12.1 Å². The van der Waals surface area contributed by atoms with Crippen molar-refractivity contribution >= 4 is 22.7 Å². The van der Waals surface area contributed by atoms with E-state index >= 15 is 0 Å². The number of hydrogen-bond acceptors (Lipinski definition) is 3. The lowest BCUT2D eigenvalue weighted by molar-refractivity contribution is -0.131. The standard InChI is InChI=1S/C18H16N2O3/c1-11(2)20-16-9-14(7-8-15(16)10-19-20)12-3-5-13(6-4-12)17(21)18(22)23/h3-11H,1-2H3,(H,22,23). The van der Waals surface area contributed by atoms with Crippen LogP contribution in [-0.4, -0.2) is 26.6 Å². The highest BCUT2D eigenvalue weighted by Gasteiger charge is 2.14. The van der Waals surface area contributed by atoms with Crippen molar-refractivity contribution in [1.29, 1.82) is 0 Å². The van der Waals surface area contributed by atoms with Crippen LogP contribution in [0.3, 0.4) is 0 Å². The molecule has 1 aromatic heterocycles. The molecule has 0 spiro atoms. The van der Waals surface area contributed by atoms with Gasteiger partial charge in [0.05, 0.1) is 11.7 Å². The maximum Gasteiger partial charge on any atom is 0.377 e. The molecule has 0 saturated heterocycles. The first-order valence-corrected chi connectivity index (χ1v) is 7.32. The lowest BCUT2D eigenvalue weighted by atomic mass is 10.0. The predicted molar refractivity (Wildman–Crippen MR) is 87.5 cm³/mol. The lowest BCUT2D eigenvalue weighted by Crippen LogP contribution is -2.12. The van der Waals surface area contributed by atoms with Crippen molar-refractivity contribution in [3.63, 3.8) is 0 Å². The summed E-state index contributed by atoms with van der Waals surface area (Å²) in [7, 11) is 0. The molecule has 0 atom stereocenters. The molecule has 0 aliphatic rings. The fourth-order valence-corrected chi connectivity index (χ4v) is 2.57. The molecule has 0 saturated carbocycles. The van der Waals surface area contributed by atoms with Gasteiger partial charge in [-0.05, 0) is 31.0 Å². The van der Waals surface area contributed by atoms with Gasteiger partial charge < -0.3 is 5.11 Å². The Hall–Kier alpha value is -2.95. The topological polar surface area (TPSA) is 72.2 Å². The van der Waals surface area contributed by atoms with E-state index < -0.39 is 11.8 Å². The summed E-state index contributed by atoms with van der Waals surface area (Å²) in [5, 5.41) is 14.2. The molecule has 5 heteroatoms. The van der Waals surface area contributed by atoms with E-state index in [0.29, 0.717) is 0 Å². The van der Waals surface area contributed by atoms with Crippen molar-refractivity contribution in [2.24, 2.45) is 0 Å². The van der Waals surface area contributed by atoms with Crippen LogP contribution in [0.5, 0.6) is 0 Å². The molecule has 3 aromatic rings. The number of Topliss-reactive ketones (excluding diaryl/α,β-unsaturated/α-hetero) is 1. The molecule has 5 nitrogen and oxygen atoms in total. The zero-order valence-corrected chi connectivity index (χ0v) is 12.9. The molecule has 0 amide bonds. The van der Waals surface area contributed by atoms with E-state index in [0.717, 1.165) is 22.0 Å². The minimum Gasteiger partial charge on any atom is -0.475 e. The second kappa shape index (κ2) is 5.68. The Kier molecular flexibility index (Phi) is 3.70. The molecule has 0 radical (unpaired) electrons. The molecule has 0 aliphatic carbocycles. The van der Waals surface area contributed by atoms with Gasteiger partial charge in [0.2, 0.25) is 0 Å². The highest BCUT2D eigenvalue weighted by molar-refractivity contribution is 6.39. The van der Waals surface area contributed by atoms with Gasteiger partial charge in [0.1, 0.15) is 0 Å². The van der Waals surface area contributed by atoms with E-state index in [-0.39, 0.29) is 11.6 Å². The Bertz CT molecular complexity index is 892. The van der Waals surface area contributed by atoms with Crippen LogP contribution >= 0.6 is 0 Å². The number of carboxylic acids is 1. The lowest BCUT2D eigenvalue weighted by Gasteiger charge is -2.08. The maximum absolute atomic E-state index is 11.4. The van der Waals surface area contributed by atoms with Crippen LogP contribution in [0.15, 0.2) is 48.7 Å². The number of carboxylic acid groups (broad SMARTS) is 1. The quantitative estimate of drug-likeness (QED) is 0.591. The van der Waals surface area contributed by atoms with Crippen LogP contribution in [0.4, 0.5) is 0 Å². The molecule has 116 valence electrons. The van der Waals surface area contributed by atoms with E-state index in [9.17, 15) is 9.59 Å². The first kappa shape index (κ1) is 15.0. The summed E-state index contributed by atoms with van der Waals surface area (Å²) >= 11 is 0. The van der Waals surface area contributed by atoms with Crippen molar-refractivity contribution in [2.75, 3.05) is 0 Å². The third-order valence-electron chi connectivity index (χ3n) is 3.76. The van der Waals surface area contributed by atoms with Gasteiger partial charge in [-0.3, -0.25) is 9.48 Å². The summed E-state index contributed by atoms with van der Waals surface area (Å²) < 4.78 is 1.96. The van der Waals surface area contributed by atoms with Crippen LogP contribution < -0.4 is 0 Å². The fraction of sp³-hybridized carbons (Fsp3) is 0.167. The van der Waals surface area contributed by atoms with Crippen molar-refractivity contribution in [3.8, 4) is 11.1 Å². The third-order valence-corrected chi connectivity index (χ3v) is 3.76. The molecular weight excluding hydrogens is 292 g/mol. The summed E-state index contributed by atoms with van der Waals surface area (Å²) in [4.78, 5) is 22.2. The molecule has 2 aromatic carbocycles. The van der Waals surface area contributed by atoms with Gasteiger partial charge in [0, 0.05) is 17.0 Å². The minimum absolute atomic E-state index is 0.176. The number of carbonyl (C=O) groups is 2. The van der Waals surface area contributed by atoms with E-state index in [1.54, 1.807) is 12.1 Å². The number of fused-ring (bicyclic) bond motifs is 1. The van der Waals surface area contributed by atoms with Gasteiger partial charge in [-0.15, -0.1) is 0 Å². The smallest absolute Gasteiger partial charge is 0.377 e. The summed E-state index contributed by atoms with van der Waals surface area (Å²) in [6.45, 7) is 4.15. The van der Waals surface area contributed by atoms with Gasteiger partial charge in [-0.25, -0.2) is 4.79 Å². The monoisotopic (exact) mass is 308 g/mol.